The summed E-state index contributed by atoms with van der Waals surface area (Å²) < 4.78 is 21.4. The van der Waals surface area contributed by atoms with E-state index in [0.29, 0.717) is 13.0 Å². The summed E-state index contributed by atoms with van der Waals surface area (Å²) in [7, 11) is 0. The van der Waals surface area contributed by atoms with Crippen molar-refractivity contribution in [3.8, 4) is 11.5 Å². The van der Waals surface area contributed by atoms with Crippen LogP contribution in [0.2, 0.25) is 0 Å². The van der Waals surface area contributed by atoms with E-state index in [4.69, 9.17) is 18.9 Å². The van der Waals surface area contributed by atoms with E-state index in [1.54, 1.807) is 11.8 Å². The highest BCUT2D eigenvalue weighted by Crippen LogP contribution is 2.33. The predicted octanol–water partition coefficient (Wildman–Crippen LogP) is 3.18. The molecule has 1 saturated heterocycles. The molecule has 2 aliphatic heterocycles. The van der Waals surface area contributed by atoms with Gasteiger partial charge in [0.1, 0.15) is 0 Å². The van der Waals surface area contributed by atoms with E-state index in [1.807, 2.05) is 32.0 Å². The van der Waals surface area contributed by atoms with Crippen LogP contribution in [0.4, 0.5) is 4.79 Å². The van der Waals surface area contributed by atoms with Crippen LogP contribution >= 0.6 is 0 Å². The fourth-order valence-electron chi connectivity index (χ4n) is 3.90. The molecule has 1 aromatic carbocycles. The summed E-state index contributed by atoms with van der Waals surface area (Å²) in [5.74, 6) is 1.09. The van der Waals surface area contributed by atoms with E-state index in [2.05, 4.69) is 4.90 Å². The number of nitrogens with zero attached hydrogens (tertiary/aromatic N) is 2. The van der Waals surface area contributed by atoms with Crippen molar-refractivity contribution in [2.24, 2.45) is 0 Å². The third kappa shape index (κ3) is 6.01. The molecular weight excluding hydrogens is 388 g/mol. The van der Waals surface area contributed by atoms with Gasteiger partial charge in [0.05, 0.1) is 6.54 Å². The molecule has 0 aliphatic carbocycles. The number of fused-ring (bicyclic) bond motifs is 1. The van der Waals surface area contributed by atoms with Gasteiger partial charge in [0.25, 0.3) is 0 Å². The molecule has 8 heteroatoms. The zero-order valence-electron chi connectivity index (χ0n) is 18.1. The molecule has 1 amide bonds. The van der Waals surface area contributed by atoms with Gasteiger partial charge < -0.3 is 23.8 Å². The van der Waals surface area contributed by atoms with Gasteiger partial charge in [-0.1, -0.05) is 12.5 Å². The molecular formula is C22H32N2O6. The Morgan fingerprint density at radius 2 is 1.83 bits per heavy atom. The van der Waals surface area contributed by atoms with Crippen molar-refractivity contribution in [1.29, 1.82) is 0 Å². The highest BCUT2D eigenvalue weighted by atomic mass is 16.7. The first-order valence-corrected chi connectivity index (χ1v) is 10.7. The number of amides is 1. The van der Waals surface area contributed by atoms with Crippen LogP contribution in [0.15, 0.2) is 18.2 Å². The van der Waals surface area contributed by atoms with E-state index in [-0.39, 0.29) is 25.3 Å². The van der Waals surface area contributed by atoms with Crippen LogP contribution in [0.1, 0.15) is 45.6 Å². The van der Waals surface area contributed by atoms with Crippen LogP contribution < -0.4 is 9.47 Å². The number of rotatable bonds is 8. The number of ether oxygens (including phenoxy) is 4. The normalized spacial score (nSPS) is 17.8. The number of piperidine rings is 1. The standard InChI is InChI=1S/C22H32N2O6/c1-4-24(16(2)12-18-8-9-19-20(13-18)28-15-27-19)22(26)30-17(3)29-21(25)14-23-10-6-5-7-11-23/h8-9,13,16-17H,4-7,10-12,14-15H2,1-3H3. The first-order valence-electron chi connectivity index (χ1n) is 10.7. The molecule has 0 saturated carbocycles. The van der Waals surface area contributed by atoms with Crippen molar-refractivity contribution in [2.75, 3.05) is 33.0 Å². The Kier molecular flexibility index (Phi) is 7.79. The molecule has 8 nitrogen and oxygen atoms in total. The van der Waals surface area contributed by atoms with Gasteiger partial charge in [-0.3, -0.25) is 9.69 Å². The van der Waals surface area contributed by atoms with Gasteiger partial charge in [-0.15, -0.1) is 0 Å². The van der Waals surface area contributed by atoms with Crippen LogP contribution in [0.5, 0.6) is 11.5 Å². The number of benzene rings is 1. The molecule has 2 atom stereocenters. The minimum atomic E-state index is -0.929. The summed E-state index contributed by atoms with van der Waals surface area (Å²) >= 11 is 0. The van der Waals surface area contributed by atoms with E-state index in [1.165, 1.54) is 6.42 Å². The molecule has 166 valence electrons. The Hall–Kier alpha value is -2.48. The predicted molar refractivity (Wildman–Crippen MR) is 110 cm³/mol. The summed E-state index contributed by atoms with van der Waals surface area (Å²) in [6, 6.07) is 5.68. The monoisotopic (exact) mass is 420 g/mol. The number of carbonyl (C=O) groups is 2. The number of carbonyl (C=O) groups excluding carboxylic acids is 2. The van der Waals surface area contributed by atoms with Gasteiger partial charge in [0.2, 0.25) is 13.1 Å². The Morgan fingerprint density at radius 1 is 1.10 bits per heavy atom. The van der Waals surface area contributed by atoms with Crippen molar-refractivity contribution >= 4 is 12.1 Å². The molecule has 1 fully saturated rings. The van der Waals surface area contributed by atoms with Crippen molar-refractivity contribution in [3.05, 3.63) is 23.8 Å². The van der Waals surface area contributed by atoms with Crippen LogP contribution in [0.25, 0.3) is 0 Å². The summed E-state index contributed by atoms with van der Waals surface area (Å²) in [5, 5.41) is 0. The van der Waals surface area contributed by atoms with Gasteiger partial charge in [-0.05, 0) is 63.9 Å². The minimum absolute atomic E-state index is 0.0980. The average molecular weight is 421 g/mol. The van der Waals surface area contributed by atoms with E-state index >= 15 is 0 Å². The Bertz CT molecular complexity index is 734. The third-order valence-corrected chi connectivity index (χ3v) is 5.44. The quantitative estimate of drug-likeness (QED) is 0.472. The van der Waals surface area contributed by atoms with Crippen LogP contribution in [0.3, 0.4) is 0 Å². The lowest BCUT2D eigenvalue weighted by Gasteiger charge is -2.29. The Balaban J connectivity index is 1.47. The largest absolute Gasteiger partial charge is 0.454 e. The Morgan fingerprint density at radius 3 is 2.57 bits per heavy atom. The third-order valence-electron chi connectivity index (χ3n) is 5.44. The highest BCUT2D eigenvalue weighted by molar-refractivity contribution is 5.72. The zero-order chi connectivity index (χ0) is 21.5. The van der Waals surface area contributed by atoms with Gasteiger partial charge in [-0.2, -0.15) is 0 Å². The van der Waals surface area contributed by atoms with E-state index < -0.39 is 12.4 Å². The SMILES string of the molecule is CCN(C(=O)OC(C)OC(=O)CN1CCCCC1)C(C)Cc1ccc2c(c1)OCO2. The van der Waals surface area contributed by atoms with Crippen LogP contribution in [-0.2, 0) is 20.7 Å². The molecule has 0 aromatic heterocycles. The topological polar surface area (TPSA) is 77.5 Å². The zero-order valence-corrected chi connectivity index (χ0v) is 18.1. The average Bonchev–Trinajstić information content (AvgIpc) is 3.16. The second-order valence-corrected chi connectivity index (χ2v) is 7.80. The first-order chi connectivity index (χ1) is 14.5. The molecule has 0 spiro atoms. The van der Waals surface area contributed by atoms with Crippen molar-refractivity contribution in [2.45, 2.75) is 58.8 Å². The van der Waals surface area contributed by atoms with Gasteiger partial charge >= 0.3 is 12.1 Å². The fraction of sp³-hybridized carbons (Fsp3) is 0.636. The number of likely N-dealkylation sites (tertiary alicyclic amines) is 1. The number of hydrogen-bond acceptors (Lipinski definition) is 7. The Labute approximate surface area is 178 Å². The van der Waals surface area contributed by atoms with Crippen molar-refractivity contribution < 1.29 is 28.5 Å². The summed E-state index contributed by atoms with van der Waals surface area (Å²) in [4.78, 5) is 28.5. The highest BCUT2D eigenvalue weighted by Gasteiger charge is 2.25. The molecule has 2 unspecified atom stereocenters. The summed E-state index contributed by atoms with van der Waals surface area (Å²) in [5.41, 5.74) is 1.04. The van der Waals surface area contributed by atoms with Crippen LogP contribution in [-0.4, -0.2) is 67.2 Å². The van der Waals surface area contributed by atoms with Gasteiger partial charge in [0.15, 0.2) is 11.5 Å². The maximum absolute atomic E-state index is 12.6. The number of esters is 1. The van der Waals surface area contributed by atoms with E-state index in [9.17, 15) is 9.59 Å². The summed E-state index contributed by atoms with van der Waals surface area (Å²) in [6.45, 7) is 8.19. The number of likely N-dealkylation sites (N-methyl/N-ethyl adjacent to an activating group) is 1. The molecule has 1 aromatic rings. The molecule has 0 radical (unpaired) electrons. The molecule has 2 heterocycles. The molecule has 0 bridgehead atoms. The lowest BCUT2D eigenvalue weighted by atomic mass is 10.1. The first kappa shape index (κ1) is 22.2. The van der Waals surface area contributed by atoms with E-state index in [0.717, 1.165) is 43.0 Å². The second kappa shape index (κ2) is 10.5. The van der Waals surface area contributed by atoms with Crippen molar-refractivity contribution in [3.63, 3.8) is 0 Å². The van der Waals surface area contributed by atoms with Gasteiger partial charge in [-0.25, -0.2) is 4.79 Å². The van der Waals surface area contributed by atoms with Crippen molar-refractivity contribution in [1.82, 2.24) is 9.80 Å². The fourth-order valence-corrected chi connectivity index (χ4v) is 3.90. The molecule has 3 rings (SSSR count). The molecule has 2 aliphatic rings. The molecule has 30 heavy (non-hydrogen) atoms. The maximum Gasteiger partial charge on any atom is 0.413 e. The lowest BCUT2D eigenvalue weighted by Crippen LogP contribution is -2.42. The number of hydrogen-bond donors (Lipinski definition) is 0. The second-order valence-electron chi connectivity index (χ2n) is 7.80. The summed E-state index contributed by atoms with van der Waals surface area (Å²) in [6.07, 6.45) is 2.62. The minimum Gasteiger partial charge on any atom is -0.454 e. The van der Waals surface area contributed by atoms with Gasteiger partial charge in [0, 0.05) is 19.5 Å². The molecule has 0 N–H and O–H groups in total. The lowest BCUT2D eigenvalue weighted by molar-refractivity contribution is -0.167. The van der Waals surface area contributed by atoms with Crippen LogP contribution in [0, 0.1) is 0 Å². The maximum atomic E-state index is 12.6. The smallest absolute Gasteiger partial charge is 0.413 e.